The van der Waals surface area contributed by atoms with Crippen LogP contribution in [0.3, 0.4) is 0 Å². The van der Waals surface area contributed by atoms with Crippen LogP contribution in [0.4, 0.5) is 5.69 Å². The van der Waals surface area contributed by atoms with E-state index < -0.39 is 0 Å². The maximum absolute atomic E-state index is 12.8. The molecule has 1 amide bonds. The lowest BCUT2D eigenvalue weighted by Crippen LogP contribution is -2.36. The van der Waals surface area contributed by atoms with Gasteiger partial charge in [-0.3, -0.25) is 4.79 Å². The number of benzene rings is 1. The molecule has 0 radical (unpaired) electrons. The molecular formula is C21H30ClNO3. The molecule has 1 aromatic rings. The van der Waals surface area contributed by atoms with Crippen LogP contribution in [-0.2, 0) is 9.53 Å². The zero-order chi connectivity index (χ0) is 19.1. The molecule has 0 saturated heterocycles. The normalized spacial score (nSPS) is 22.9. The van der Waals surface area contributed by atoms with Crippen LogP contribution in [0.5, 0.6) is 0 Å². The first-order valence-corrected chi connectivity index (χ1v) is 10.1. The van der Waals surface area contributed by atoms with E-state index in [9.17, 15) is 9.59 Å². The van der Waals surface area contributed by atoms with Crippen LogP contribution >= 0.6 is 11.6 Å². The lowest BCUT2D eigenvalue weighted by Gasteiger charge is -2.36. The number of rotatable bonds is 7. The lowest BCUT2D eigenvalue weighted by atomic mass is 9.75. The molecule has 1 saturated carbocycles. The highest BCUT2D eigenvalue weighted by atomic mass is 35.5. The number of para-hydroxylation sites is 1. The van der Waals surface area contributed by atoms with Crippen molar-refractivity contribution in [3.05, 3.63) is 29.8 Å². The summed E-state index contributed by atoms with van der Waals surface area (Å²) in [7, 11) is 0. The highest BCUT2D eigenvalue weighted by molar-refractivity contribution is 6.18. The quantitative estimate of drug-likeness (QED) is 0.519. The van der Waals surface area contributed by atoms with E-state index in [1.165, 1.54) is 6.42 Å². The average molecular weight is 380 g/mol. The number of esters is 1. The van der Waals surface area contributed by atoms with Gasteiger partial charge in [-0.25, -0.2) is 4.79 Å². The van der Waals surface area contributed by atoms with Crippen molar-refractivity contribution in [2.75, 3.05) is 11.2 Å². The largest absolute Gasteiger partial charge is 0.458 e. The second kappa shape index (κ2) is 9.96. The van der Waals surface area contributed by atoms with Crippen LogP contribution in [0.1, 0.15) is 63.2 Å². The van der Waals surface area contributed by atoms with Gasteiger partial charge in [-0.05, 0) is 49.1 Å². The standard InChI is InChI=1S/C21H30ClNO3/c1-14(2)16-11-10-15(3)13-19(16)26-21(25)17-7-4-5-8-18(17)23-20(24)9-6-12-22/h4-5,7-8,14-16,19H,6,9-13H2,1-3H3,(H,23,24)/t15-,16-,19+/m0/s1. The third-order valence-electron chi connectivity index (χ3n) is 5.18. The van der Waals surface area contributed by atoms with Crippen molar-refractivity contribution in [2.24, 2.45) is 17.8 Å². The van der Waals surface area contributed by atoms with E-state index in [0.29, 0.717) is 47.7 Å². The summed E-state index contributed by atoms with van der Waals surface area (Å²) in [5.41, 5.74) is 0.912. The Hall–Kier alpha value is -1.55. The van der Waals surface area contributed by atoms with Crippen LogP contribution in [0.2, 0.25) is 0 Å². The summed E-state index contributed by atoms with van der Waals surface area (Å²) < 4.78 is 5.91. The van der Waals surface area contributed by atoms with Crippen LogP contribution in [-0.4, -0.2) is 23.9 Å². The summed E-state index contributed by atoms with van der Waals surface area (Å²) >= 11 is 5.64. The minimum Gasteiger partial charge on any atom is -0.458 e. The van der Waals surface area contributed by atoms with Crippen molar-refractivity contribution in [1.82, 2.24) is 0 Å². The minimum absolute atomic E-state index is 0.0637. The fourth-order valence-corrected chi connectivity index (χ4v) is 3.80. The fraction of sp³-hybridized carbons (Fsp3) is 0.619. The topological polar surface area (TPSA) is 55.4 Å². The number of anilines is 1. The molecule has 0 heterocycles. The molecule has 4 nitrogen and oxygen atoms in total. The Balaban J connectivity index is 2.10. The maximum Gasteiger partial charge on any atom is 0.340 e. The molecule has 1 N–H and O–H groups in total. The Morgan fingerprint density at radius 1 is 1.27 bits per heavy atom. The summed E-state index contributed by atoms with van der Waals surface area (Å²) in [5, 5.41) is 2.81. The van der Waals surface area contributed by atoms with Crippen LogP contribution in [0.25, 0.3) is 0 Å². The van der Waals surface area contributed by atoms with Gasteiger partial charge >= 0.3 is 5.97 Å². The predicted molar refractivity (Wildman–Crippen MR) is 106 cm³/mol. The Bertz CT molecular complexity index is 617. The first-order chi connectivity index (χ1) is 12.4. The molecule has 26 heavy (non-hydrogen) atoms. The molecule has 1 aromatic carbocycles. The summed E-state index contributed by atoms with van der Waals surface area (Å²) in [5.74, 6) is 1.37. The Morgan fingerprint density at radius 2 is 2.00 bits per heavy atom. The highest BCUT2D eigenvalue weighted by Gasteiger charge is 2.34. The Morgan fingerprint density at radius 3 is 2.69 bits per heavy atom. The van der Waals surface area contributed by atoms with Gasteiger partial charge in [-0.15, -0.1) is 11.6 Å². The van der Waals surface area contributed by atoms with Crippen LogP contribution in [0, 0.1) is 17.8 Å². The molecule has 5 heteroatoms. The first kappa shape index (κ1) is 20.8. The van der Waals surface area contributed by atoms with E-state index >= 15 is 0 Å². The zero-order valence-corrected chi connectivity index (χ0v) is 16.7. The van der Waals surface area contributed by atoms with Crippen molar-refractivity contribution in [1.29, 1.82) is 0 Å². The van der Waals surface area contributed by atoms with E-state index in [2.05, 4.69) is 26.1 Å². The lowest BCUT2D eigenvalue weighted by molar-refractivity contribution is -0.116. The van der Waals surface area contributed by atoms with E-state index in [4.69, 9.17) is 16.3 Å². The third-order valence-corrected chi connectivity index (χ3v) is 5.45. The summed E-state index contributed by atoms with van der Waals surface area (Å²) in [6.07, 6.45) is 4.06. The van der Waals surface area contributed by atoms with E-state index in [1.807, 2.05) is 0 Å². The fourth-order valence-electron chi connectivity index (χ4n) is 3.66. The van der Waals surface area contributed by atoms with E-state index in [1.54, 1.807) is 24.3 Å². The van der Waals surface area contributed by atoms with Crippen molar-refractivity contribution < 1.29 is 14.3 Å². The molecular weight excluding hydrogens is 350 g/mol. The van der Waals surface area contributed by atoms with Crippen molar-refractivity contribution >= 4 is 29.2 Å². The number of carbonyl (C=O) groups excluding carboxylic acids is 2. The average Bonchev–Trinajstić information content (AvgIpc) is 2.60. The molecule has 2 rings (SSSR count). The molecule has 1 fully saturated rings. The Labute approximate surface area is 161 Å². The predicted octanol–water partition coefficient (Wildman–Crippen LogP) is 5.26. The Kier molecular flexibility index (Phi) is 7.95. The SMILES string of the molecule is CC(C)[C@@H]1CC[C@H](C)C[C@H]1OC(=O)c1ccccc1NC(=O)CCCCl. The molecule has 0 unspecified atom stereocenters. The van der Waals surface area contributed by atoms with Gasteiger partial charge in [0.1, 0.15) is 6.10 Å². The van der Waals surface area contributed by atoms with Crippen molar-refractivity contribution in [2.45, 2.75) is 59.0 Å². The number of amides is 1. The smallest absolute Gasteiger partial charge is 0.340 e. The van der Waals surface area contributed by atoms with Gasteiger partial charge in [0, 0.05) is 12.3 Å². The summed E-state index contributed by atoms with van der Waals surface area (Å²) in [6, 6.07) is 7.02. The van der Waals surface area contributed by atoms with Gasteiger partial charge in [-0.1, -0.05) is 39.3 Å². The number of ether oxygens (including phenoxy) is 1. The van der Waals surface area contributed by atoms with E-state index in [-0.39, 0.29) is 18.0 Å². The third kappa shape index (κ3) is 5.73. The number of hydrogen-bond donors (Lipinski definition) is 1. The van der Waals surface area contributed by atoms with Gasteiger partial charge in [-0.2, -0.15) is 0 Å². The van der Waals surface area contributed by atoms with Gasteiger partial charge in [0.05, 0.1) is 11.3 Å². The van der Waals surface area contributed by atoms with Crippen LogP contribution in [0.15, 0.2) is 24.3 Å². The van der Waals surface area contributed by atoms with Gasteiger partial charge in [0.25, 0.3) is 0 Å². The number of halogens is 1. The first-order valence-electron chi connectivity index (χ1n) is 9.58. The van der Waals surface area contributed by atoms with Crippen LogP contribution < -0.4 is 5.32 Å². The van der Waals surface area contributed by atoms with E-state index in [0.717, 1.165) is 12.8 Å². The van der Waals surface area contributed by atoms with Crippen molar-refractivity contribution in [3.63, 3.8) is 0 Å². The molecule has 0 aromatic heterocycles. The number of alkyl halides is 1. The van der Waals surface area contributed by atoms with Crippen molar-refractivity contribution in [3.8, 4) is 0 Å². The maximum atomic E-state index is 12.8. The molecule has 1 aliphatic carbocycles. The molecule has 0 bridgehead atoms. The van der Waals surface area contributed by atoms with Gasteiger partial charge in [0.2, 0.25) is 5.91 Å². The number of hydrogen-bond acceptors (Lipinski definition) is 3. The molecule has 1 aliphatic rings. The summed E-state index contributed by atoms with van der Waals surface area (Å²) in [4.78, 5) is 24.8. The molecule has 0 aliphatic heterocycles. The number of carbonyl (C=O) groups is 2. The monoisotopic (exact) mass is 379 g/mol. The van der Waals surface area contributed by atoms with Gasteiger partial charge in [0.15, 0.2) is 0 Å². The second-order valence-electron chi connectivity index (χ2n) is 7.66. The van der Waals surface area contributed by atoms with Gasteiger partial charge < -0.3 is 10.1 Å². The molecule has 3 atom stereocenters. The summed E-state index contributed by atoms with van der Waals surface area (Å²) in [6.45, 7) is 6.58. The zero-order valence-electron chi connectivity index (χ0n) is 16.0. The minimum atomic E-state index is -0.358. The highest BCUT2D eigenvalue weighted by Crippen LogP contribution is 2.36. The number of nitrogens with one attached hydrogen (secondary N) is 1. The second-order valence-corrected chi connectivity index (χ2v) is 8.03. The molecule has 0 spiro atoms. The molecule has 144 valence electrons.